The number of benzene rings is 4. The molecule has 0 amide bonds. The minimum Gasteiger partial charge on any atom is -0.335 e. The lowest BCUT2D eigenvalue weighted by atomic mass is 9.97. The average Bonchev–Trinajstić information content (AvgIpc) is 3.76. The molecular weight excluding hydrogens is 575 g/mol. The predicted molar refractivity (Wildman–Crippen MR) is 187 cm³/mol. The van der Waals surface area contributed by atoms with Gasteiger partial charge in [-0.3, -0.25) is 0 Å². The van der Waals surface area contributed by atoms with Crippen LogP contribution in [0.1, 0.15) is 48.9 Å². The Morgan fingerprint density at radius 1 is 0.750 bits per heavy atom. The molecule has 0 aliphatic carbocycles. The van der Waals surface area contributed by atoms with Crippen LogP contribution in [0.3, 0.4) is 0 Å². The van der Waals surface area contributed by atoms with Crippen molar-refractivity contribution in [3.8, 4) is 0 Å². The number of thiazole rings is 1. The van der Waals surface area contributed by atoms with E-state index in [0.29, 0.717) is 0 Å². The number of hydrogen-bond acceptors (Lipinski definition) is 3. The third-order valence-corrected chi connectivity index (χ3v) is 10.7. The second-order valence-corrected chi connectivity index (χ2v) is 13.2. The van der Waals surface area contributed by atoms with E-state index in [1.165, 1.54) is 53.4 Å². The zero-order chi connectivity index (χ0) is 29.9. The van der Waals surface area contributed by atoms with E-state index in [-0.39, 0.29) is 6.04 Å². The minimum absolute atomic E-state index is 0.0839. The highest BCUT2D eigenvalue weighted by atomic mass is 32.2. The lowest BCUT2D eigenvalue weighted by Crippen LogP contribution is -2.33. The summed E-state index contributed by atoms with van der Waals surface area (Å²) in [6, 6.07) is 39.5. The fourth-order valence-corrected chi connectivity index (χ4v) is 8.70. The highest BCUT2D eigenvalue weighted by Gasteiger charge is 2.36. The Balaban J connectivity index is 1.36. The molecular formula is C39H37N3S2+2. The van der Waals surface area contributed by atoms with Crippen molar-refractivity contribution in [2.24, 2.45) is 0 Å². The Morgan fingerprint density at radius 3 is 2.16 bits per heavy atom. The summed E-state index contributed by atoms with van der Waals surface area (Å²) in [7, 11) is 0. The zero-order valence-electron chi connectivity index (χ0n) is 25.3. The molecule has 0 unspecified atom stereocenters. The van der Waals surface area contributed by atoms with Crippen LogP contribution >= 0.6 is 23.1 Å². The molecule has 3 nitrogen and oxygen atoms in total. The fraction of sp³-hybridized carbons (Fsp3) is 0.179. The second kappa shape index (κ2) is 12.8. The molecule has 44 heavy (non-hydrogen) atoms. The zero-order valence-corrected chi connectivity index (χ0v) is 26.9. The van der Waals surface area contributed by atoms with Crippen LogP contribution in [0.25, 0.3) is 16.3 Å². The van der Waals surface area contributed by atoms with Gasteiger partial charge in [-0.25, -0.2) is 0 Å². The monoisotopic (exact) mass is 611 g/mol. The second-order valence-electron chi connectivity index (χ2n) is 11.0. The number of rotatable bonds is 8. The molecule has 0 fully saturated rings. The van der Waals surface area contributed by atoms with E-state index in [1.54, 1.807) is 0 Å². The van der Waals surface area contributed by atoms with Crippen molar-refractivity contribution in [2.45, 2.75) is 44.2 Å². The maximum Gasteiger partial charge on any atom is 0.262 e. The quantitative estimate of drug-likeness (QED) is 0.162. The van der Waals surface area contributed by atoms with E-state index < -0.39 is 0 Å². The molecule has 0 radical (unpaired) electrons. The van der Waals surface area contributed by atoms with Gasteiger partial charge in [-0.15, -0.1) is 0 Å². The van der Waals surface area contributed by atoms with Gasteiger partial charge in [0.2, 0.25) is 11.6 Å². The van der Waals surface area contributed by atoms with Gasteiger partial charge in [-0.05, 0) is 38.1 Å². The third kappa shape index (κ3) is 5.47. The van der Waals surface area contributed by atoms with Crippen LogP contribution in [0.5, 0.6) is 0 Å². The standard InChI is InChI=1S/C39H37N3S2/c1-3-40-33-19-11-13-21-35(33)43-37(40)27-25-31-23-24-32(26-28-38-41(4-2)34-20-12-14-22-36(34)44-38)42(31)39(29-15-7-5-8-16-29)30-17-9-6-10-18-30/h5-22,25-28,39H,3-4,23-24H2,1-2H3/q+2. The molecule has 0 saturated carbocycles. The highest BCUT2D eigenvalue weighted by Crippen LogP contribution is 2.45. The molecule has 2 aliphatic heterocycles. The van der Waals surface area contributed by atoms with Crippen LogP contribution in [-0.2, 0) is 6.54 Å². The highest BCUT2D eigenvalue weighted by molar-refractivity contribution is 8.03. The third-order valence-electron chi connectivity index (χ3n) is 8.49. The molecule has 0 N–H and O–H groups in total. The van der Waals surface area contributed by atoms with Gasteiger partial charge in [0, 0.05) is 59.7 Å². The summed E-state index contributed by atoms with van der Waals surface area (Å²) in [6.45, 7) is 6.37. The predicted octanol–water partition coefficient (Wildman–Crippen LogP) is 9.62. The van der Waals surface area contributed by atoms with Crippen molar-refractivity contribution in [3.05, 3.63) is 154 Å². The molecule has 0 spiro atoms. The summed E-state index contributed by atoms with van der Waals surface area (Å²) in [6.07, 6.45) is 11.4. The van der Waals surface area contributed by atoms with E-state index in [1.807, 2.05) is 23.1 Å². The maximum absolute atomic E-state index is 2.60. The minimum atomic E-state index is 0.0839. The number of thioether (sulfide) groups is 1. The Kier molecular flexibility index (Phi) is 8.32. The van der Waals surface area contributed by atoms with Gasteiger partial charge in [-0.1, -0.05) is 108 Å². The van der Waals surface area contributed by atoms with Gasteiger partial charge in [-0.2, -0.15) is 9.14 Å². The summed E-state index contributed by atoms with van der Waals surface area (Å²) in [5.74, 6) is 0. The van der Waals surface area contributed by atoms with Gasteiger partial charge >= 0.3 is 0 Å². The number of para-hydroxylation sites is 2. The first-order chi connectivity index (χ1) is 21.7. The Hall–Kier alpha value is -4.19. The van der Waals surface area contributed by atoms with E-state index in [2.05, 4.69) is 161 Å². The molecule has 7 rings (SSSR count). The Labute approximate surface area is 268 Å². The summed E-state index contributed by atoms with van der Waals surface area (Å²) in [5.41, 5.74) is 7.91. The summed E-state index contributed by atoms with van der Waals surface area (Å²) in [4.78, 5) is 3.76. The maximum atomic E-state index is 2.60. The van der Waals surface area contributed by atoms with E-state index in [9.17, 15) is 0 Å². The Bertz CT molecular complexity index is 1880. The topological polar surface area (TPSA) is 10.1 Å². The van der Waals surface area contributed by atoms with Crippen LogP contribution in [0.2, 0.25) is 0 Å². The normalized spacial score (nSPS) is 16.8. The van der Waals surface area contributed by atoms with Crippen molar-refractivity contribution in [2.75, 3.05) is 11.4 Å². The van der Waals surface area contributed by atoms with Crippen LogP contribution in [0.4, 0.5) is 5.69 Å². The molecule has 0 atom stereocenters. The molecule has 5 heteroatoms. The first-order valence-electron chi connectivity index (χ1n) is 15.5. The number of aryl methyl sites for hydroxylation is 1. The summed E-state index contributed by atoms with van der Waals surface area (Å²) in [5, 5.41) is 2.57. The van der Waals surface area contributed by atoms with E-state index in [4.69, 9.17) is 0 Å². The van der Waals surface area contributed by atoms with Crippen molar-refractivity contribution in [3.63, 3.8) is 0 Å². The smallest absolute Gasteiger partial charge is 0.262 e. The van der Waals surface area contributed by atoms with Gasteiger partial charge in [0.25, 0.3) is 5.01 Å². The molecule has 218 valence electrons. The van der Waals surface area contributed by atoms with Crippen LogP contribution < -0.4 is 9.47 Å². The number of hydrogen-bond donors (Lipinski definition) is 0. The van der Waals surface area contributed by atoms with Crippen LogP contribution in [0, 0.1) is 0 Å². The molecule has 1 aromatic heterocycles. The molecule has 2 aliphatic rings. The fourth-order valence-electron chi connectivity index (χ4n) is 6.44. The molecule has 0 bridgehead atoms. The first kappa shape index (κ1) is 28.6. The molecule has 5 aromatic rings. The van der Waals surface area contributed by atoms with Crippen molar-refractivity contribution < 1.29 is 9.14 Å². The first-order valence-corrected chi connectivity index (χ1v) is 17.2. The number of anilines is 1. The SMILES string of the molecule is CCN1C(=CC=C2CCC(C=Cc3sc4ccccc4[n+]3CC)=[N+]2C(c2ccccc2)c2ccccc2)Sc2ccccc21. The van der Waals surface area contributed by atoms with Crippen molar-refractivity contribution >= 4 is 50.8 Å². The lowest BCUT2D eigenvalue weighted by Gasteiger charge is -2.18. The molecule has 3 heterocycles. The van der Waals surface area contributed by atoms with Gasteiger partial charge in [0.05, 0.1) is 10.7 Å². The molecule has 0 saturated heterocycles. The average molecular weight is 612 g/mol. The summed E-state index contributed by atoms with van der Waals surface area (Å²) < 4.78 is 6.36. The molecule has 4 aromatic carbocycles. The number of nitrogens with zero attached hydrogens (tertiary/aromatic N) is 3. The summed E-state index contributed by atoms with van der Waals surface area (Å²) >= 11 is 3.74. The van der Waals surface area contributed by atoms with Crippen LogP contribution in [-0.4, -0.2) is 16.8 Å². The van der Waals surface area contributed by atoms with Gasteiger partial charge in [0.1, 0.15) is 11.2 Å². The van der Waals surface area contributed by atoms with E-state index in [0.717, 1.165) is 25.9 Å². The number of fused-ring (bicyclic) bond motifs is 2. The number of aromatic nitrogens is 1. The number of allylic oxidation sites excluding steroid dienone is 4. The largest absolute Gasteiger partial charge is 0.335 e. The van der Waals surface area contributed by atoms with E-state index >= 15 is 0 Å². The van der Waals surface area contributed by atoms with Gasteiger partial charge in [0.15, 0.2) is 11.4 Å². The Morgan fingerprint density at radius 2 is 1.43 bits per heavy atom. The van der Waals surface area contributed by atoms with Crippen LogP contribution in [0.15, 0.2) is 143 Å². The van der Waals surface area contributed by atoms with Gasteiger partial charge < -0.3 is 4.90 Å². The van der Waals surface area contributed by atoms with Crippen molar-refractivity contribution in [1.82, 2.24) is 0 Å². The lowest BCUT2D eigenvalue weighted by molar-refractivity contribution is -0.665. The van der Waals surface area contributed by atoms with Crippen molar-refractivity contribution in [1.29, 1.82) is 0 Å².